The number of ether oxygens (including phenoxy) is 2. The van der Waals surface area contributed by atoms with E-state index in [1.54, 1.807) is 13.0 Å². The van der Waals surface area contributed by atoms with E-state index in [0.717, 1.165) is 6.08 Å². The molecule has 0 saturated heterocycles. The lowest BCUT2D eigenvalue weighted by Gasteiger charge is -2.03. The lowest BCUT2D eigenvalue weighted by molar-refractivity contribution is -0.138. The zero-order valence-electron chi connectivity index (χ0n) is 17.1. The fourth-order valence-corrected chi connectivity index (χ4v) is 1.29. The van der Waals surface area contributed by atoms with E-state index in [2.05, 4.69) is 31.1 Å². The van der Waals surface area contributed by atoms with Gasteiger partial charge >= 0.3 is 11.9 Å². The number of nitrogens with zero attached hydrogens (tertiary/aromatic N) is 1. The van der Waals surface area contributed by atoms with Gasteiger partial charge in [-0.15, -0.1) is 0 Å². The first-order valence-corrected chi connectivity index (χ1v) is 8.51. The van der Waals surface area contributed by atoms with Crippen LogP contribution in [0.1, 0.15) is 12.5 Å². The van der Waals surface area contributed by atoms with Gasteiger partial charge in [0.1, 0.15) is 13.2 Å². The van der Waals surface area contributed by atoms with Crippen LogP contribution >= 0.6 is 0 Å². The van der Waals surface area contributed by atoms with Gasteiger partial charge in [-0.05, 0) is 24.8 Å². The Balaban J connectivity index is 0. The van der Waals surface area contributed by atoms with Gasteiger partial charge in [0, 0.05) is 25.7 Å². The molecular formula is C23H31NO4. The van der Waals surface area contributed by atoms with Gasteiger partial charge in [0.2, 0.25) is 0 Å². The molecule has 0 bridgehead atoms. The minimum Gasteiger partial charge on any atom is -0.458 e. The maximum Gasteiger partial charge on any atom is 0.333 e. The maximum atomic E-state index is 10.8. The Bertz CT molecular complexity index is 646. The minimum atomic E-state index is -0.412. The van der Waals surface area contributed by atoms with Crippen molar-refractivity contribution in [3.8, 4) is 0 Å². The average molecular weight is 386 g/mol. The highest BCUT2D eigenvalue weighted by atomic mass is 16.5. The monoisotopic (exact) mass is 385 g/mol. The number of esters is 2. The molecule has 0 atom stereocenters. The Morgan fingerprint density at radius 3 is 2.04 bits per heavy atom. The first-order chi connectivity index (χ1) is 13.3. The number of hydrogen-bond acceptors (Lipinski definition) is 5. The molecule has 0 fully saturated rings. The van der Waals surface area contributed by atoms with Gasteiger partial charge < -0.3 is 14.4 Å². The van der Waals surface area contributed by atoms with E-state index in [-0.39, 0.29) is 12.6 Å². The van der Waals surface area contributed by atoms with E-state index in [1.807, 2.05) is 61.6 Å². The molecule has 0 saturated carbocycles. The van der Waals surface area contributed by atoms with E-state index in [9.17, 15) is 9.59 Å². The number of carbonyl (C=O) groups is 2. The number of carbonyl (C=O) groups excluding carboxylic acids is 2. The quantitative estimate of drug-likeness (QED) is 0.377. The fourth-order valence-electron chi connectivity index (χ4n) is 1.29. The zero-order valence-corrected chi connectivity index (χ0v) is 17.1. The predicted octanol–water partition coefficient (Wildman–Crippen LogP) is 4.41. The second-order valence-corrected chi connectivity index (χ2v) is 5.46. The molecule has 0 spiro atoms. The van der Waals surface area contributed by atoms with Crippen molar-refractivity contribution in [2.75, 3.05) is 27.3 Å². The molecule has 1 aromatic rings. The van der Waals surface area contributed by atoms with Crippen molar-refractivity contribution in [2.24, 2.45) is 0 Å². The Morgan fingerprint density at radius 2 is 1.64 bits per heavy atom. The lowest BCUT2D eigenvalue weighted by atomic mass is 10.2. The van der Waals surface area contributed by atoms with Crippen LogP contribution in [0.15, 0.2) is 86.6 Å². The number of hydrogen-bond donors (Lipinski definition) is 0. The van der Waals surface area contributed by atoms with Crippen LogP contribution in [0, 0.1) is 0 Å². The summed E-state index contributed by atoms with van der Waals surface area (Å²) in [6.45, 7) is 15.8. The summed E-state index contributed by atoms with van der Waals surface area (Å²) >= 11 is 0. The van der Waals surface area contributed by atoms with Gasteiger partial charge in [0.25, 0.3) is 0 Å². The smallest absolute Gasteiger partial charge is 0.333 e. The lowest BCUT2D eigenvalue weighted by Crippen LogP contribution is -2.06. The van der Waals surface area contributed by atoms with Gasteiger partial charge in [-0.25, -0.2) is 9.59 Å². The molecule has 1 aromatic carbocycles. The summed E-state index contributed by atoms with van der Waals surface area (Å²) in [5.41, 5.74) is 1.60. The topological polar surface area (TPSA) is 55.8 Å². The summed E-state index contributed by atoms with van der Waals surface area (Å²) < 4.78 is 9.27. The van der Waals surface area contributed by atoms with Gasteiger partial charge in [0.05, 0.1) is 0 Å². The van der Waals surface area contributed by atoms with Crippen molar-refractivity contribution >= 4 is 18.0 Å². The largest absolute Gasteiger partial charge is 0.458 e. The predicted molar refractivity (Wildman–Crippen MR) is 116 cm³/mol. The Morgan fingerprint density at radius 1 is 1.04 bits per heavy atom. The molecule has 0 aliphatic heterocycles. The summed E-state index contributed by atoms with van der Waals surface area (Å²) in [6.07, 6.45) is 8.04. The SMILES string of the molecule is C=C(C)C(=O)OCC=CN(C)C.C=CCOC(=O)C=C.C=Cc1ccccc1. The molecule has 0 aromatic heterocycles. The van der Waals surface area contributed by atoms with Gasteiger partial charge in [0.15, 0.2) is 0 Å². The van der Waals surface area contributed by atoms with Crippen molar-refractivity contribution in [2.45, 2.75) is 6.92 Å². The summed E-state index contributed by atoms with van der Waals surface area (Å²) in [5.74, 6) is -0.761. The third-order valence-electron chi connectivity index (χ3n) is 2.61. The van der Waals surface area contributed by atoms with Crippen molar-refractivity contribution in [1.29, 1.82) is 0 Å². The molecule has 152 valence electrons. The van der Waals surface area contributed by atoms with Gasteiger partial charge in [-0.2, -0.15) is 0 Å². The molecule has 0 amide bonds. The van der Waals surface area contributed by atoms with E-state index < -0.39 is 5.97 Å². The fraction of sp³-hybridized carbons (Fsp3) is 0.217. The van der Waals surface area contributed by atoms with Crippen LogP contribution in [0.3, 0.4) is 0 Å². The van der Waals surface area contributed by atoms with E-state index >= 15 is 0 Å². The third-order valence-corrected chi connectivity index (χ3v) is 2.61. The van der Waals surface area contributed by atoms with E-state index in [0.29, 0.717) is 12.2 Å². The second kappa shape index (κ2) is 18.5. The Kier molecular flexibility index (Phi) is 17.7. The highest BCUT2D eigenvalue weighted by Crippen LogP contribution is 1.97. The van der Waals surface area contributed by atoms with Crippen molar-refractivity contribution in [3.63, 3.8) is 0 Å². The standard InChI is InChI=1S/C9H15NO2.C8H8.C6H8O2/c1-8(2)9(11)12-7-5-6-10(3)4;1-2-8-6-4-3-5-7-8;1-3-5-8-6(7)4-2/h5-6H,1,7H2,2-4H3;2-7H,1H2;3-4H,1-2,5H2. The van der Waals surface area contributed by atoms with Gasteiger partial charge in [-0.3, -0.25) is 0 Å². The minimum absolute atomic E-state index is 0.255. The molecule has 5 nitrogen and oxygen atoms in total. The Hall–Kier alpha value is -3.34. The highest BCUT2D eigenvalue weighted by molar-refractivity contribution is 5.86. The molecule has 0 aliphatic rings. The molecule has 0 aliphatic carbocycles. The maximum absolute atomic E-state index is 10.8. The molecule has 28 heavy (non-hydrogen) atoms. The molecule has 0 unspecified atom stereocenters. The van der Waals surface area contributed by atoms with E-state index in [1.165, 1.54) is 11.6 Å². The van der Waals surface area contributed by atoms with Crippen LogP contribution in [-0.4, -0.2) is 44.1 Å². The number of benzene rings is 1. The summed E-state index contributed by atoms with van der Waals surface area (Å²) in [6, 6.07) is 10.0. The van der Waals surface area contributed by atoms with Crippen LogP contribution in [0.5, 0.6) is 0 Å². The summed E-state index contributed by atoms with van der Waals surface area (Å²) in [7, 11) is 3.80. The average Bonchev–Trinajstić information content (AvgIpc) is 2.70. The van der Waals surface area contributed by atoms with Crippen molar-refractivity contribution in [3.05, 3.63) is 92.2 Å². The summed E-state index contributed by atoms with van der Waals surface area (Å²) in [5, 5.41) is 0. The van der Waals surface area contributed by atoms with Crippen LogP contribution in [0.4, 0.5) is 0 Å². The second-order valence-electron chi connectivity index (χ2n) is 5.46. The molecule has 1 rings (SSSR count). The summed E-state index contributed by atoms with van der Waals surface area (Å²) in [4.78, 5) is 22.9. The van der Waals surface area contributed by atoms with Crippen LogP contribution in [0.25, 0.3) is 6.08 Å². The number of rotatable bonds is 8. The third kappa shape index (κ3) is 19.0. The Labute approximate surface area is 169 Å². The molecule has 0 heterocycles. The zero-order chi connectivity index (χ0) is 21.8. The molecule has 0 N–H and O–H groups in total. The van der Waals surface area contributed by atoms with Crippen LogP contribution in [0.2, 0.25) is 0 Å². The van der Waals surface area contributed by atoms with E-state index in [4.69, 9.17) is 4.74 Å². The molecule has 0 radical (unpaired) electrons. The molecule has 5 heteroatoms. The first-order valence-electron chi connectivity index (χ1n) is 8.51. The van der Waals surface area contributed by atoms with Crippen molar-refractivity contribution in [1.82, 2.24) is 4.90 Å². The van der Waals surface area contributed by atoms with Crippen molar-refractivity contribution < 1.29 is 19.1 Å². The van der Waals surface area contributed by atoms with Crippen LogP contribution in [-0.2, 0) is 19.1 Å². The highest BCUT2D eigenvalue weighted by Gasteiger charge is 1.99. The molecular weight excluding hydrogens is 354 g/mol. The normalized spacial score (nSPS) is 8.82. The van der Waals surface area contributed by atoms with Crippen LogP contribution < -0.4 is 0 Å². The van der Waals surface area contributed by atoms with Gasteiger partial charge in [-0.1, -0.05) is 68.8 Å². The first kappa shape index (κ1) is 26.9.